The van der Waals surface area contributed by atoms with Crippen LogP contribution in [0.2, 0.25) is 0 Å². The average molecular weight is 154 g/mol. The molecule has 0 aromatic rings. The van der Waals surface area contributed by atoms with Crippen LogP contribution in [0.15, 0.2) is 0 Å². The topological polar surface area (TPSA) is 113 Å². The Bertz CT molecular complexity index is 151. The molecule has 0 aliphatic rings. The first-order chi connectivity index (χ1) is 3.92. The second kappa shape index (κ2) is 2.93. The standard InChI is InChI=1S/C2H7N2O4P/c3-2(5)1-4-9(6,7)8/h1H2,(H2,3,5)(H3,4,6,7,8). The largest absolute Gasteiger partial charge is 0.400 e. The summed E-state index contributed by atoms with van der Waals surface area (Å²) >= 11 is 0. The zero-order valence-electron chi connectivity index (χ0n) is 4.44. The van der Waals surface area contributed by atoms with Gasteiger partial charge in [0.15, 0.2) is 0 Å². The summed E-state index contributed by atoms with van der Waals surface area (Å²) in [4.78, 5) is 26.0. The van der Waals surface area contributed by atoms with Crippen LogP contribution in [-0.2, 0) is 9.36 Å². The van der Waals surface area contributed by atoms with E-state index in [0.29, 0.717) is 0 Å². The third-order valence-electron chi connectivity index (χ3n) is 0.459. The lowest BCUT2D eigenvalue weighted by Gasteiger charge is -2.01. The molecule has 0 rings (SSSR count). The third kappa shape index (κ3) is 7.58. The molecule has 0 unspecified atom stereocenters. The van der Waals surface area contributed by atoms with Crippen molar-refractivity contribution in [2.24, 2.45) is 5.73 Å². The Morgan fingerprint density at radius 3 is 2.22 bits per heavy atom. The van der Waals surface area contributed by atoms with Crippen molar-refractivity contribution in [1.82, 2.24) is 5.09 Å². The Labute approximate surface area is 51.3 Å². The number of primary amides is 1. The van der Waals surface area contributed by atoms with Gasteiger partial charge >= 0.3 is 7.75 Å². The minimum Gasteiger partial charge on any atom is -0.369 e. The highest BCUT2D eigenvalue weighted by molar-refractivity contribution is 7.49. The first kappa shape index (κ1) is 8.58. The van der Waals surface area contributed by atoms with Crippen LogP contribution >= 0.6 is 7.75 Å². The van der Waals surface area contributed by atoms with E-state index in [4.69, 9.17) is 9.79 Å². The first-order valence-electron chi connectivity index (χ1n) is 2.01. The van der Waals surface area contributed by atoms with Gasteiger partial charge in [0.25, 0.3) is 0 Å². The molecule has 0 aromatic carbocycles. The van der Waals surface area contributed by atoms with E-state index in [1.54, 1.807) is 5.09 Å². The summed E-state index contributed by atoms with van der Waals surface area (Å²) in [6.07, 6.45) is 0. The molecule has 0 heterocycles. The van der Waals surface area contributed by atoms with Crippen molar-refractivity contribution in [1.29, 1.82) is 0 Å². The Morgan fingerprint density at radius 1 is 1.67 bits per heavy atom. The summed E-state index contributed by atoms with van der Waals surface area (Å²) in [6, 6.07) is 0. The minimum atomic E-state index is -4.27. The summed E-state index contributed by atoms with van der Waals surface area (Å²) in [5, 5.41) is 1.61. The molecule has 0 fully saturated rings. The number of nitrogens with two attached hydrogens (primary N) is 1. The molecule has 9 heavy (non-hydrogen) atoms. The second-order valence-corrected chi connectivity index (χ2v) is 2.75. The molecular formula is C2H7N2O4P. The first-order valence-corrected chi connectivity index (χ1v) is 3.62. The molecule has 1 amide bonds. The van der Waals surface area contributed by atoms with Crippen molar-refractivity contribution in [3.63, 3.8) is 0 Å². The van der Waals surface area contributed by atoms with Crippen LogP contribution in [-0.4, -0.2) is 22.2 Å². The highest BCUT2D eigenvalue weighted by atomic mass is 31.2. The molecule has 0 aliphatic carbocycles. The van der Waals surface area contributed by atoms with Crippen molar-refractivity contribution in [3.8, 4) is 0 Å². The smallest absolute Gasteiger partial charge is 0.369 e. The fourth-order valence-corrected chi connectivity index (χ4v) is 0.543. The molecule has 7 heteroatoms. The zero-order chi connectivity index (χ0) is 7.49. The quantitative estimate of drug-likeness (QED) is 0.356. The van der Waals surface area contributed by atoms with Crippen LogP contribution in [0.5, 0.6) is 0 Å². The Balaban J connectivity index is 3.53. The highest BCUT2D eigenvalue weighted by Crippen LogP contribution is 2.26. The zero-order valence-corrected chi connectivity index (χ0v) is 5.34. The van der Waals surface area contributed by atoms with Crippen LogP contribution in [0.4, 0.5) is 0 Å². The molecular weight excluding hydrogens is 147 g/mol. The van der Waals surface area contributed by atoms with Crippen molar-refractivity contribution >= 4 is 13.7 Å². The van der Waals surface area contributed by atoms with Gasteiger partial charge in [-0.05, 0) is 0 Å². The molecule has 54 valence electrons. The SMILES string of the molecule is NC(=O)CNP(=O)(O)O. The normalized spacial score (nSPS) is 11.3. The van der Waals surface area contributed by atoms with Crippen LogP contribution in [0.1, 0.15) is 0 Å². The van der Waals surface area contributed by atoms with Crippen molar-refractivity contribution in [2.45, 2.75) is 0 Å². The summed E-state index contributed by atoms with van der Waals surface area (Å²) in [6.45, 7) is -0.510. The molecule has 0 aromatic heterocycles. The number of carbonyl (C=O) groups excluding carboxylic acids is 1. The van der Waals surface area contributed by atoms with E-state index >= 15 is 0 Å². The van der Waals surface area contributed by atoms with E-state index in [-0.39, 0.29) is 0 Å². The summed E-state index contributed by atoms with van der Waals surface area (Å²) in [7, 11) is -4.27. The number of nitrogens with one attached hydrogen (secondary N) is 1. The fourth-order valence-electron chi connectivity index (χ4n) is 0.181. The Morgan fingerprint density at radius 2 is 2.11 bits per heavy atom. The van der Waals surface area contributed by atoms with Gasteiger partial charge in [-0.25, -0.2) is 9.65 Å². The number of rotatable bonds is 3. The Hall–Kier alpha value is -0.420. The number of carbonyl (C=O) groups is 1. The van der Waals surface area contributed by atoms with Gasteiger partial charge in [0.2, 0.25) is 5.91 Å². The van der Waals surface area contributed by atoms with Gasteiger partial charge in [0, 0.05) is 0 Å². The van der Waals surface area contributed by atoms with Gasteiger partial charge < -0.3 is 15.5 Å². The molecule has 0 radical (unpaired) electrons. The molecule has 0 atom stereocenters. The van der Waals surface area contributed by atoms with Crippen molar-refractivity contribution < 1.29 is 19.1 Å². The van der Waals surface area contributed by atoms with Gasteiger partial charge in [-0.1, -0.05) is 0 Å². The molecule has 0 aliphatic heterocycles. The summed E-state index contributed by atoms with van der Waals surface area (Å²) < 4.78 is 9.91. The van der Waals surface area contributed by atoms with E-state index in [9.17, 15) is 9.36 Å². The van der Waals surface area contributed by atoms with E-state index < -0.39 is 20.2 Å². The fraction of sp³-hybridized carbons (Fsp3) is 0.500. The Kier molecular flexibility index (Phi) is 2.80. The molecule has 5 N–H and O–H groups in total. The van der Waals surface area contributed by atoms with Gasteiger partial charge in [-0.15, -0.1) is 0 Å². The molecule has 0 saturated heterocycles. The van der Waals surface area contributed by atoms with Gasteiger partial charge in [0.05, 0.1) is 6.54 Å². The van der Waals surface area contributed by atoms with E-state index in [1.807, 2.05) is 0 Å². The van der Waals surface area contributed by atoms with Crippen LogP contribution < -0.4 is 10.8 Å². The molecule has 0 saturated carbocycles. The van der Waals surface area contributed by atoms with Crippen molar-refractivity contribution in [3.05, 3.63) is 0 Å². The summed E-state index contributed by atoms with van der Waals surface area (Å²) in [5.41, 5.74) is 4.55. The number of hydrogen-bond donors (Lipinski definition) is 4. The van der Waals surface area contributed by atoms with E-state index in [1.165, 1.54) is 0 Å². The maximum absolute atomic E-state index is 9.91. The highest BCUT2D eigenvalue weighted by Gasteiger charge is 2.11. The predicted molar refractivity (Wildman–Crippen MR) is 29.2 cm³/mol. The third-order valence-corrected chi connectivity index (χ3v) is 1.03. The lowest BCUT2D eigenvalue weighted by molar-refractivity contribution is -0.117. The number of hydrogen-bond acceptors (Lipinski definition) is 2. The van der Waals surface area contributed by atoms with E-state index in [0.717, 1.165) is 0 Å². The predicted octanol–water partition coefficient (Wildman–Crippen LogP) is -1.85. The van der Waals surface area contributed by atoms with Gasteiger partial charge in [-0.2, -0.15) is 0 Å². The van der Waals surface area contributed by atoms with Gasteiger partial charge in [-0.3, -0.25) is 4.79 Å². The minimum absolute atomic E-state index is 0.510. The van der Waals surface area contributed by atoms with Gasteiger partial charge in [0.1, 0.15) is 0 Å². The maximum Gasteiger partial charge on any atom is 0.400 e. The van der Waals surface area contributed by atoms with Crippen LogP contribution in [0.3, 0.4) is 0 Å². The van der Waals surface area contributed by atoms with Crippen molar-refractivity contribution in [2.75, 3.05) is 6.54 Å². The lowest BCUT2D eigenvalue weighted by atomic mass is 10.7. The molecule has 0 spiro atoms. The second-order valence-electron chi connectivity index (χ2n) is 1.35. The van der Waals surface area contributed by atoms with Crippen LogP contribution in [0, 0.1) is 0 Å². The number of amides is 1. The molecule has 0 bridgehead atoms. The van der Waals surface area contributed by atoms with Crippen LogP contribution in [0.25, 0.3) is 0 Å². The van der Waals surface area contributed by atoms with E-state index in [2.05, 4.69) is 5.73 Å². The monoisotopic (exact) mass is 154 g/mol. The lowest BCUT2D eigenvalue weighted by Crippen LogP contribution is -2.26. The average Bonchev–Trinajstić information content (AvgIpc) is 1.59. The summed E-state index contributed by atoms with van der Waals surface area (Å²) in [5.74, 6) is -0.807. The molecule has 6 nitrogen and oxygen atoms in total. The maximum atomic E-state index is 9.91.